The minimum absolute atomic E-state index is 0.227. The van der Waals surface area contributed by atoms with E-state index in [4.69, 9.17) is 5.73 Å². The third-order valence-corrected chi connectivity index (χ3v) is 7.62. The summed E-state index contributed by atoms with van der Waals surface area (Å²) in [7, 11) is 0. The molecule has 0 aliphatic heterocycles. The molecule has 0 heterocycles. The third kappa shape index (κ3) is 5.81. The molecule has 2 atom stereocenters. The van der Waals surface area contributed by atoms with E-state index >= 15 is 0 Å². The number of nitrogens with two attached hydrogens (primary N) is 1. The highest BCUT2D eigenvalue weighted by Crippen LogP contribution is 2.50. The van der Waals surface area contributed by atoms with Crippen LogP contribution in [-0.4, -0.2) is 50.2 Å². The Morgan fingerprint density at radius 3 is 1.35 bits per heavy atom. The van der Waals surface area contributed by atoms with E-state index in [9.17, 15) is 19.8 Å². The van der Waals surface area contributed by atoms with Gasteiger partial charge in [-0.15, -0.1) is 0 Å². The first-order chi connectivity index (χ1) is 14.3. The Balaban J connectivity index is 3.77. The molecule has 0 saturated heterocycles. The van der Waals surface area contributed by atoms with Crippen LogP contribution >= 0.6 is 0 Å². The van der Waals surface area contributed by atoms with Gasteiger partial charge < -0.3 is 20.8 Å². The van der Waals surface area contributed by atoms with Crippen molar-refractivity contribution in [1.29, 1.82) is 0 Å². The lowest BCUT2D eigenvalue weighted by Gasteiger charge is -2.52. The lowest BCUT2D eigenvalue weighted by Crippen LogP contribution is -2.66. The van der Waals surface area contributed by atoms with Crippen LogP contribution in [-0.2, 0) is 9.59 Å². The van der Waals surface area contributed by atoms with Gasteiger partial charge in [0.1, 0.15) is 5.41 Å². The predicted octanol–water partition coefficient (Wildman–Crippen LogP) is 4.01. The maximum absolute atomic E-state index is 14.1. The second kappa shape index (κ2) is 10.7. The molecule has 4 N–H and O–H groups in total. The fourth-order valence-corrected chi connectivity index (χ4v) is 4.96. The first kappa shape index (κ1) is 27.9. The van der Waals surface area contributed by atoms with Gasteiger partial charge in [0.2, 0.25) is 11.8 Å². The summed E-state index contributed by atoms with van der Waals surface area (Å²) in [6, 6.07) is -1.000. The Morgan fingerprint density at radius 1 is 0.839 bits per heavy atom. The quantitative estimate of drug-likeness (QED) is 0.355. The Kier molecular flexibility index (Phi) is 9.58. The summed E-state index contributed by atoms with van der Waals surface area (Å²) in [4.78, 5) is 28.2. The van der Waals surface area contributed by atoms with E-state index in [1.807, 2.05) is 27.7 Å². The highest BCUT2D eigenvalue weighted by atomic mass is 16.3. The zero-order valence-electron chi connectivity index (χ0n) is 21.2. The highest BCUT2D eigenvalue weighted by Gasteiger charge is 2.61. The van der Waals surface area contributed by atoms with Crippen LogP contribution in [0.3, 0.4) is 0 Å². The molecule has 0 bridgehead atoms. The summed E-state index contributed by atoms with van der Waals surface area (Å²) < 4.78 is 0. The van der Waals surface area contributed by atoms with Gasteiger partial charge in [0, 0.05) is 0 Å². The molecule has 0 aromatic heterocycles. The molecule has 0 aromatic rings. The Hall–Kier alpha value is -1.14. The average Bonchev–Trinajstić information content (AvgIpc) is 3.52. The van der Waals surface area contributed by atoms with Crippen molar-refractivity contribution < 1.29 is 19.8 Å². The fraction of sp³-hybridized carbons (Fsp3) is 0.920. The Labute approximate surface area is 190 Å². The van der Waals surface area contributed by atoms with E-state index in [-0.39, 0.29) is 17.7 Å². The molecular formula is C25H48N2O4. The first-order valence-corrected chi connectivity index (χ1v) is 12.4. The summed E-state index contributed by atoms with van der Waals surface area (Å²) in [5.41, 5.74) is 2.30. The van der Waals surface area contributed by atoms with Gasteiger partial charge in [0.25, 0.3) is 0 Å². The summed E-state index contributed by atoms with van der Waals surface area (Å²) in [6.07, 6.45) is 4.01. The summed E-state index contributed by atoms with van der Waals surface area (Å²) >= 11 is 0. The van der Waals surface area contributed by atoms with Crippen molar-refractivity contribution in [3.8, 4) is 0 Å². The van der Waals surface area contributed by atoms with Gasteiger partial charge in [-0.25, -0.2) is 0 Å². The number of rotatable bonds is 14. The van der Waals surface area contributed by atoms with Crippen molar-refractivity contribution in [2.75, 3.05) is 0 Å². The zero-order chi connectivity index (χ0) is 24.2. The number of amides is 2. The van der Waals surface area contributed by atoms with Crippen LogP contribution in [0.15, 0.2) is 0 Å². The molecule has 0 aromatic carbocycles. The topological polar surface area (TPSA) is 104 Å². The second-order valence-electron chi connectivity index (χ2n) is 10.6. The molecule has 1 saturated carbocycles. The summed E-state index contributed by atoms with van der Waals surface area (Å²) in [5.74, 6) is -0.450. The minimum atomic E-state index is -1.20. The number of nitrogens with zero attached hydrogens (tertiary/aromatic N) is 1. The molecule has 31 heavy (non-hydrogen) atoms. The van der Waals surface area contributed by atoms with Crippen LogP contribution < -0.4 is 5.73 Å². The van der Waals surface area contributed by atoms with Gasteiger partial charge in [0.05, 0.1) is 23.3 Å². The van der Waals surface area contributed by atoms with Crippen molar-refractivity contribution in [1.82, 2.24) is 4.90 Å². The first-order valence-electron chi connectivity index (χ1n) is 12.4. The SMILES string of the molecule is CCC(O)(CC)C(CC(C)C)N(C(=O)C1(C(N)=O)CC1)C(CC(C)C)C(O)(CC)CC. The maximum Gasteiger partial charge on any atom is 0.238 e. The zero-order valence-corrected chi connectivity index (χ0v) is 21.2. The van der Waals surface area contributed by atoms with E-state index in [1.165, 1.54) is 0 Å². The number of carbonyl (C=O) groups excluding carboxylic acids is 2. The van der Waals surface area contributed by atoms with Crippen LogP contribution in [0.1, 0.15) is 107 Å². The van der Waals surface area contributed by atoms with E-state index < -0.39 is 34.6 Å². The van der Waals surface area contributed by atoms with E-state index in [1.54, 1.807) is 4.90 Å². The predicted molar refractivity (Wildman–Crippen MR) is 125 cm³/mol. The molecule has 2 amide bonds. The Morgan fingerprint density at radius 2 is 1.16 bits per heavy atom. The fourth-order valence-electron chi connectivity index (χ4n) is 4.96. The number of primary amides is 1. The minimum Gasteiger partial charge on any atom is -0.388 e. The van der Waals surface area contributed by atoms with Crippen LogP contribution in [0, 0.1) is 17.3 Å². The Bertz CT molecular complexity index is 573. The molecule has 6 heteroatoms. The molecule has 1 aliphatic rings. The monoisotopic (exact) mass is 440 g/mol. The van der Waals surface area contributed by atoms with Crippen molar-refractivity contribution in [2.24, 2.45) is 23.0 Å². The van der Waals surface area contributed by atoms with Crippen LogP contribution in [0.2, 0.25) is 0 Å². The summed E-state index contributed by atoms with van der Waals surface area (Å²) in [5, 5.41) is 23.4. The lowest BCUT2D eigenvalue weighted by molar-refractivity contribution is -0.169. The van der Waals surface area contributed by atoms with Crippen LogP contribution in [0.25, 0.3) is 0 Å². The molecule has 0 spiro atoms. The number of carbonyl (C=O) groups is 2. The van der Waals surface area contributed by atoms with Crippen molar-refractivity contribution in [2.45, 2.75) is 130 Å². The smallest absolute Gasteiger partial charge is 0.238 e. The highest BCUT2D eigenvalue weighted by molar-refractivity contribution is 6.07. The normalized spacial score (nSPS) is 18.2. The van der Waals surface area contributed by atoms with Gasteiger partial charge in [-0.1, -0.05) is 55.4 Å². The molecule has 182 valence electrons. The van der Waals surface area contributed by atoms with Crippen LogP contribution in [0.5, 0.6) is 0 Å². The second-order valence-corrected chi connectivity index (χ2v) is 10.6. The number of hydrogen-bond acceptors (Lipinski definition) is 4. The van der Waals surface area contributed by atoms with Crippen molar-refractivity contribution in [3.63, 3.8) is 0 Å². The number of hydrogen-bond donors (Lipinski definition) is 3. The molecule has 0 radical (unpaired) electrons. The van der Waals surface area contributed by atoms with E-state index in [2.05, 4.69) is 27.7 Å². The van der Waals surface area contributed by atoms with Gasteiger partial charge in [-0.05, 0) is 63.2 Å². The van der Waals surface area contributed by atoms with Gasteiger partial charge in [0.15, 0.2) is 0 Å². The average molecular weight is 441 g/mol. The van der Waals surface area contributed by atoms with Crippen molar-refractivity contribution >= 4 is 11.8 Å². The lowest BCUT2D eigenvalue weighted by atomic mass is 9.76. The van der Waals surface area contributed by atoms with Gasteiger partial charge in [-0.3, -0.25) is 9.59 Å². The van der Waals surface area contributed by atoms with E-state index in [0.717, 1.165) is 0 Å². The molecular weight excluding hydrogens is 392 g/mol. The maximum atomic E-state index is 14.1. The van der Waals surface area contributed by atoms with Crippen molar-refractivity contribution in [3.05, 3.63) is 0 Å². The number of aliphatic hydroxyl groups is 2. The van der Waals surface area contributed by atoms with Gasteiger partial charge in [-0.2, -0.15) is 0 Å². The molecule has 1 aliphatic carbocycles. The van der Waals surface area contributed by atoms with Crippen LogP contribution in [0.4, 0.5) is 0 Å². The van der Waals surface area contributed by atoms with Gasteiger partial charge >= 0.3 is 0 Å². The molecule has 1 rings (SSSR count). The third-order valence-electron chi connectivity index (χ3n) is 7.62. The van der Waals surface area contributed by atoms with E-state index in [0.29, 0.717) is 51.4 Å². The molecule has 2 unspecified atom stereocenters. The molecule has 6 nitrogen and oxygen atoms in total. The molecule has 1 fully saturated rings. The standard InChI is InChI=1S/C25H48N2O4/c1-9-24(30,10-2)19(15-17(5)6)27(22(29)23(13-14-23)21(26)28)20(16-18(7)8)25(31,11-3)12-4/h17-20,30-31H,9-16H2,1-8H3,(H2,26,28). The largest absolute Gasteiger partial charge is 0.388 e. The summed E-state index contributed by atoms with van der Waals surface area (Å²) in [6.45, 7) is 16.0.